The van der Waals surface area contributed by atoms with Gasteiger partial charge in [0.05, 0.1) is 5.75 Å². The maximum atomic E-state index is 13.1. The van der Waals surface area contributed by atoms with Crippen LogP contribution in [0.15, 0.2) is 12.1 Å². The van der Waals surface area contributed by atoms with Crippen LogP contribution < -0.4 is 5.32 Å². The summed E-state index contributed by atoms with van der Waals surface area (Å²) in [6.07, 6.45) is -5.85. The third kappa shape index (κ3) is 15.8. The molecule has 186 valence electrons. The van der Waals surface area contributed by atoms with Crippen LogP contribution in [-0.4, -0.2) is 61.2 Å². The average Bonchev–Trinajstić information content (AvgIpc) is 2.62. The number of carbonyl (C=O) groups is 2. The van der Waals surface area contributed by atoms with Crippen LogP contribution in [-0.2, 0) is 4.79 Å². The molecule has 0 radical (unpaired) electrons. The Balaban J connectivity index is 0. The number of hydrogen-bond acceptors (Lipinski definition) is 3. The lowest BCUT2D eigenvalue weighted by Gasteiger charge is -2.18. The van der Waals surface area contributed by atoms with Gasteiger partial charge in [0.1, 0.15) is 18.9 Å². The van der Waals surface area contributed by atoms with Gasteiger partial charge in [-0.1, -0.05) is 20.3 Å². The minimum Gasteiger partial charge on any atom is -0.343 e. The van der Waals surface area contributed by atoms with Crippen LogP contribution in [0.3, 0.4) is 0 Å². The van der Waals surface area contributed by atoms with Crippen molar-refractivity contribution in [1.29, 1.82) is 0 Å². The molecule has 32 heavy (non-hydrogen) atoms. The summed E-state index contributed by atoms with van der Waals surface area (Å²) in [6.45, 7) is 4.58. The number of thioether (sulfide) groups is 1. The van der Waals surface area contributed by atoms with Crippen molar-refractivity contribution < 1.29 is 40.3 Å². The Morgan fingerprint density at radius 2 is 1.50 bits per heavy atom. The van der Waals surface area contributed by atoms with Gasteiger partial charge in [0.2, 0.25) is 5.91 Å². The molecule has 0 aliphatic heterocycles. The second-order valence-electron chi connectivity index (χ2n) is 6.72. The van der Waals surface area contributed by atoms with E-state index in [9.17, 15) is 40.3 Å². The van der Waals surface area contributed by atoms with E-state index in [-0.39, 0.29) is 16.9 Å². The first-order valence-electron chi connectivity index (χ1n) is 9.40. The van der Waals surface area contributed by atoms with E-state index in [0.29, 0.717) is 10.5 Å². The number of benzene rings is 1. The third-order valence-corrected chi connectivity index (χ3v) is 3.85. The van der Waals surface area contributed by atoms with Crippen LogP contribution in [0.5, 0.6) is 0 Å². The Morgan fingerprint density at radius 3 is 1.91 bits per heavy atom. The molecule has 1 N–H and O–H groups in total. The van der Waals surface area contributed by atoms with Gasteiger partial charge in [0, 0.05) is 12.6 Å². The first kappa shape index (κ1) is 32.2. The fourth-order valence-electron chi connectivity index (χ4n) is 1.89. The molecule has 0 aliphatic carbocycles. The van der Waals surface area contributed by atoms with Crippen molar-refractivity contribution in [2.75, 3.05) is 32.1 Å². The van der Waals surface area contributed by atoms with Gasteiger partial charge in [-0.15, -0.1) is 0 Å². The molecule has 1 aromatic rings. The average molecular weight is 495 g/mol. The summed E-state index contributed by atoms with van der Waals surface area (Å²) in [5, 5.41) is 1.74. The van der Waals surface area contributed by atoms with Crippen LogP contribution in [0, 0.1) is 19.7 Å². The molecule has 0 atom stereocenters. The van der Waals surface area contributed by atoms with Crippen LogP contribution in [0.4, 0.5) is 30.7 Å². The summed E-state index contributed by atoms with van der Waals surface area (Å²) in [6, 6.07) is 2.36. The number of nitrogens with zero attached hydrogens (tertiary/aromatic N) is 1. The van der Waals surface area contributed by atoms with E-state index in [2.05, 4.69) is 13.8 Å². The van der Waals surface area contributed by atoms with Crippen LogP contribution in [0.1, 0.15) is 41.8 Å². The number of aryl methyl sites for hydroxylation is 2. The molecule has 0 saturated carbocycles. The molecule has 1 aromatic carbocycles. The highest BCUT2D eigenvalue weighted by Crippen LogP contribution is 2.17. The monoisotopic (exact) mass is 494 g/mol. The van der Waals surface area contributed by atoms with E-state index in [4.69, 9.17) is 0 Å². The third-order valence-electron chi connectivity index (χ3n) is 3.31. The Kier molecular flexibility index (Phi) is 15.1. The molecule has 0 unspecified atom stereocenters. The molecule has 2 amide bonds. The molecule has 0 aromatic heterocycles. The van der Waals surface area contributed by atoms with Crippen molar-refractivity contribution in [3.05, 3.63) is 34.6 Å². The molecular weight excluding hydrogens is 465 g/mol. The minimum atomic E-state index is -4.46. The number of amides is 2. The summed E-state index contributed by atoms with van der Waals surface area (Å²) in [4.78, 5) is 22.9. The SMILES string of the molecule is CCC.CSCC(=O)N(C)CC(F)(F)F.Cc1cc(C(=O)NCC(F)(F)F)c(C)cc1F. The van der Waals surface area contributed by atoms with Crippen molar-refractivity contribution in [1.82, 2.24) is 10.2 Å². The predicted molar refractivity (Wildman–Crippen MR) is 112 cm³/mol. The number of hydrogen-bond donors (Lipinski definition) is 1. The second-order valence-corrected chi connectivity index (χ2v) is 7.59. The summed E-state index contributed by atoms with van der Waals surface area (Å²) < 4.78 is 83.9. The van der Waals surface area contributed by atoms with E-state index in [1.807, 2.05) is 0 Å². The molecule has 0 bridgehead atoms. The van der Waals surface area contributed by atoms with Crippen molar-refractivity contribution >= 4 is 23.6 Å². The topological polar surface area (TPSA) is 49.4 Å². The van der Waals surface area contributed by atoms with Gasteiger partial charge in [0.25, 0.3) is 5.91 Å². The predicted octanol–water partition coefficient (Wildman–Crippen LogP) is 5.52. The number of carbonyl (C=O) groups excluding carboxylic acids is 2. The molecule has 0 saturated heterocycles. The minimum absolute atomic E-state index is 0.0492. The fourth-order valence-corrected chi connectivity index (χ4v) is 2.36. The van der Waals surface area contributed by atoms with Crippen molar-refractivity contribution in [3.63, 3.8) is 0 Å². The van der Waals surface area contributed by atoms with E-state index >= 15 is 0 Å². The normalized spacial score (nSPS) is 10.9. The van der Waals surface area contributed by atoms with Gasteiger partial charge in [-0.25, -0.2) is 4.39 Å². The molecule has 4 nitrogen and oxygen atoms in total. The van der Waals surface area contributed by atoms with E-state index < -0.39 is 43.1 Å². The highest BCUT2D eigenvalue weighted by Gasteiger charge is 2.31. The van der Waals surface area contributed by atoms with Gasteiger partial charge in [0.15, 0.2) is 0 Å². The summed E-state index contributed by atoms with van der Waals surface area (Å²) in [5.74, 6) is -1.76. The highest BCUT2D eigenvalue weighted by molar-refractivity contribution is 7.99. The Labute approximate surface area is 187 Å². The summed E-state index contributed by atoms with van der Waals surface area (Å²) in [7, 11) is 1.14. The number of alkyl halides is 6. The van der Waals surface area contributed by atoms with Gasteiger partial charge in [-0.05, 0) is 43.4 Å². The van der Waals surface area contributed by atoms with Crippen LogP contribution >= 0.6 is 11.8 Å². The van der Waals surface area contributed by atoms with E-state index in [1.165, 1.54) is 38.1 Å². The van der Waals surface area contributed by atoms with Crippen LogP contribution in [0.25, 0.3) is 0 Å². The zero-order valence-electron chi connectivity index (χ0n) is 18.8. The molecule has 0 heterocycles. The first-order chi connectivity index (χ1) is 14.5. The molecule has 0 fully saturated rings. The van der Waals surface area contributed by atoms with E-state index in [1.54, 1.807) is 11.6 Å². The van der Waals surface area contributed by atoms with Gasteiger partial charge in [-0.2, -0.15) is 38.1 Å². The zero-order chi connectivity index (χ0) is 25.7. The summed E-state index contributed by atoms with van der Waals surface area (Å²) >= 11 is 1.21. The lowest BCUT2D eigenvalue weighted by molar-refractivity contribution is -0.156. The number of halogens is 7. The Bertz CT molecular complexity index is 723. The lowest BCUT2D eigenvalue weighted by atomic mass is 10.0. The number of nitrogens with one attached hydrogen (secondary N) is 1. The largest absolute Gasteiger partial charge is 0.406 e. The molecule has 0 spiro atoms. The van der Waals surface area contributed by atoms with Gasteiger partial charge < -0.3 is 10.2 Å². The first-order valence-corrected chi connectivity index (χ1v) is 10.8. The Morgan fingerprint density at radius 1 is 1.00 bits per heavy atom. The van der Waals surface area contributed by atoms with Crippen LogP contribution in [0.2, 0.25) is 0 Å². The highest BCUT2D eigenvalue weighted by atomic mass is 32.2. The van der Waals surface area contributed by atoms with Crippen molar-refractivity contribution in [2.45, 2.75) is 46.5 Å². The molecule has 0 aliphatic rings. The standard InChI is InChI=1S/C11H11F4NO.C6H10F3NOS.C3H8/c1-6-4-9(12)7(2)3-8(6)10(17)16-5-11(13,14)15;1-10(4-6(7,8)9)5(11)3-12-2;1-3-2/h3-4H,5H2,1-2H3,(H,16,17);3-4H2,1-2H3;3H2,1-2H3. The van der Waals surface area contributed by atoms with Crippen molar-refractivity contribution in [2.24, 2.45) is 0 Å². The molecule has 1 rings (SSSR count). The number of rotatable bonds is 5. The molecular formula is C20H29F7N2O2S. The molecule has 12 heteroatoms. The smallest absolute Gasteiger partial charge is 0.343 e. The quantitative estimate of drug-likeness (QED) is 0.549. The fraction of sp³-hybridized carbons (Fsp3) is 0.600. The Hall–Kier alpha value is -1.98. The maximum Gasteiger partial charge on any atom is 0.406 e. The van der Waals surface area contributed by atoms with E-state index in [0.717, 1.165) is 13.1 Å². The second kappa shape index (κ2) is 15.0. The van der Waals surface area contributed by atoms with Gasteiger partial charge in [-0.3, -0.25) is 9.59 Å². The van der Waals surface area contributed by atoms with Gasteiger partial charge >= 0.3 is 12.4 Å². The summed E-state index contributed by atoms with van der Waals surface area (Å²) in [5.41, 5.74) is 0.564. The lowest BCUT2D eigenvalue weighted by Crippen LogP contribution is -2.36. The maximum absolute atomic E-state index is 13.1. The zero-order valence-corrected chi connectivity index (χ0v) is 19.6. The van der Waals surface area contributed by atoms with Crippen molar-refractivity contribution in [3.8, 4) is 0 Å².